The summed E-state index contributed by atoms with van der Waals surface area (Å²) >= 11 is 10.8. The first-order chi connectivity index (χ1) is 8.27. The maximum absolute atomic E-state index is 5.94. The zero-order valence-electron chi connectivity index (χ0n) is 9.51. The average Bonchev–Trinajstić information content (AvgIpc) is 2.41. The van der Waals surface area contributed by atoms with E-state index in [-0.39, 0.29) is 4.75 Å². The van der Waals surface area contributed by atoms with Crippen molar-refractivity contribution in [2.75, 3.05) is 5.88 Å². The van der Waals surface area contributed by atoms with Crippen molar-refractivity contribution < 1.29 is 0 Å². The molecule has 0 aromatic heterocycles. The second-order valence-corrected chi connectivity index (χ2v) is 5.17. The van der Waals surface area contributed by atoms with Gasteiger partial charge in [0, 0.05) is 5.88 Å². The van der Waals surface area contributed by atoms with Gasteiger partial charge >= 0.3 is 0 Å². The van der Waals surface area contributed by atoms with E-state index in [1.54, 1.807) is 0 Å². The highest BCUT2D eigenvalue weighted by Crippen LogP contribution is 2.39. The van der Waals surface area contributed by atoms with Crippen molar-refractivity contribution in [3.8, 4) is 0 Å². The molecule has 0 unspecified atom stereocenters. The smallest absolute Gasteiger partial charge is 0.0638 e. The highest BCUT2D eigenvalue weighted by molar-refractivity contribution is 7.81. The molecule has 0 heterocycles. The number of halogens is 1. The fourth-order valence-corrected chi connectivity index (χ4v) is 2.85. The van der Waals surface area contributed by atoms with Crippen molar-refractivity contribution in [3.63, 3.8) is 0 Å². The molecule has 0 aliphatic rings. The predicted molar refractivity (Wildman–Crippen MR) is 78.0 cm³/mol. The highest BCUT2D eigenvalue weighted by Gasteiger charge is 2.28. The molecule has 0 spiro atoms. The summed E-state index contributed by atoms with van der Waals surface area (Å²) in [6.07, 6.45) is 0.811. The van der Waals surface area contributed by atoms with Gasteiger partial charge in [-0.15, -0.1) is 11.6 Å². The maximum Gasteiger partial charge on any atom is 0.0638 e. The van der Waals surface area contributed by atoms with E-state index < -0.39 is 0 Å². The van der Waals surface area contributed by atoms with Gasteiger partial charge in [-0.2, -0.15) is 12.6 Å². The van der Waals surface area contributed by atoms with Crippen molar-refractivity contribution in [2.45, 2.75) is 11.2 Å². The Morgan fingerprint density at radius 2 is 1.24 bits per heavy atom. The summed E-state index contributed by atoms with van der Waals surface area (Å²) in [5.41, 5.74) is 2.38. The number of hydrogen-bond acceptors (Lipinski definition) is 1. The normalized spacial score (nSPS) is 11.4. The second-order valence-electron chi connectivity index (χ2n) is 4.03. The van der Waals surface area contributed by atoms with Gasteiger partial charge in [-0.25, -0.2) is 0 Å². The Kier molecular flexibility index (Phi) is 4.14. The molecule has 0 radical (unpaired) electrons. The van der Waals surface area contributed by atoms with Crippen LogP contribution in [-0.2, 0) is 4.75 Å². The minimum absolute atomic E-state index is 0.301. The van der Waals surface area contributed by atoms with Gasteiger partial charge in [-0.05, 0) is 17.5 Å². The predicted octanol–water partition coefficient (Wildman–Crippen LogP) is 4.49. The number of alkyl halides is 1. The molecule has 0 nitrogen and oxygen atoms in total. The molecule has 0 aliphatic heterocycles. The molecule has 2 heteroatoms. The van der Waals surface area contributed by atoms with E-state index in [0.29, 0.717) is 5.88 Å². The van der Waals surface area contributed by atoms with Crippen LogP contribution in [0.25, 0.3) is 0 Å². The third-order valence-electron chi connectivity index (χ3n) is 2.96. The van der Waals surface area contributed by atoms with E-state index >= 15 is 0 Å². The summed E-state index contributed by atoms with van der Waals surface area (Å²) in [4.78, 5) is 0. The molecule has 0 fully saturated rings. The molecule has 0 bridgehead atoms. The zero-order chi connectivity index (χ0) is 12.1. The van der Waals surface area contributed by atoms with Crippen molar-refractivity contribution in [2.24, 2.45) is 0 Å². The fraction of sp³-hybridized carbons (Fsp3) is 0.200. The lowest BCUT2D eigenvalue weighted by atomic mass is 9.88. The summed E-state index contributed by atoms with van der Waals surface area (Å²) < 4.78 is -0.301. The topological polar surface area (TPSA) is 0 Å². The first-order valence-corrected chi connectivity index (χ1v) is 6.65. The lowest BCUT2D eigenvalue weighted by Crippen LogP contribution is -2.21. The molecule has 0 aliphatic carbocycles. The van der Waals surface area contributed by atoms with Crippen molar-refractivity contribution in [3.05, 3.63) is 71.8 Å². The lowest BCUT2D eigenvalue weighted by molar-refractivity contribution is 0.721. The zero-order valence-corrected chi connectivity index (χ0v) is 11.2. The number of rotatable bonds is 4. The Morgan fingerprint density at radius 3 is 1.59 bits per heavy atom. The van der Waals surface area contributed by atoms with Crippen LogP contribution in [0.3, 0.4) is 0 Å². The first kappa shape index (κ1) is 12.5. The van der Waals surface area contributed by atoms with E-state index in [1.165, 1.54) is 11.1 Å². The van der Waals surface area contributed by atoms with Crippen LogP contribution in [0.15, 0.2) is 60.7 Å². The molecule has 88 valence electrons. The third kappa shape index (κ3) is 2.67. The Balaban J connectivity index is 2.47. The Labute approximate surface area is 113 Å². The Hall–Kier alpha value is -0.920. The molecule has 17 heavy (non-hydrogen) atoms. The molecule has 0 amide bonds. The number of thiol groups is 1. The monoisotopic (exact) mass is 262 g/mol. The van der Waals surface area contributed by atoms with Gasteiger partial charge in [-0.1, -0.05) is 60.7 Å². The van der Waals surface area contributed by atoms with E-state index in [1.807, 2.05) is 36.4 Å². The molecule has 0 saturated heterocycles. The van der Waals surface area contributed by atoms with Crippen molar-refractivity contribution >= 4 is 24.2 Å². The first-order valence-electron chi connectivity index (χ1n) is 5.67. The van der Waals surface area contributed by atoms with Gasteiger partial charge in [0.15, 0.2) is 0 Å². The van der Waals surface area contributed by atoms with Crippen LogP contribution in [0, 0.1) is 0 Å². The minimum atomic E-state index is -0.301. The van der Waals surface area contributed by atoms with Gasteiger partial charge in [0.2, 0.25) is 0 Å². The van der Waals surface area contributed by atoms with Crippen LogP contribution in [0.5, 0.6) is 0 Å². The van der Waals surface area contributed by atoms with Crippen LogP contribution in [0.4, 0.5) is 0 Å². The third-order valence-corrected chi connectivity index (χ3v) is 3.89. The van der Waals surface area contributed by atoms with E-state index in [2.05, 4.69) is 24.3 Å². The molecule has 0 atom stereocenters. The van der Waals surface area contributed by atoms with Crippen LogP contribution in [0.1, 0.15) is 17.5 Å². The van der Waals surface area contributed by atoms with Crippen LogP contribution >= 0.6 is 24.2 Å². The van der Waals surface area contributed by atoms with E-state index in [4.69, 9.17) is 24.2 Å². The fourth-order valence-electron chi connectivity index (χ4n) is 2.02. The molecular weight excluding hydrogens is 248 g/mol. The van der Waals surface area contributed by atoms with Gasteiger partial charge in [0.1, 0.15) is 0 Å². The summed E-state index contributed by atoms with van der Waals surface area (Å²) in [7, 11) is 0. The summed E-state index contributed by atoms with van der Waals surface area (Å²) in [6.45, 7) is 0. The van der Waals surface area contributed by atoms with Crippen LogP contribution in [0.2, 0.25) is 0 Å². The maximum atomic E-state index is 5.94. The van der Waals surface area contributed by atoms with Crippen LogP contribution in [-0.4, -0.2) is 5.88 Å². The standard InChI is InChI=1S/C15H15ClS/c16-12-11-15(17,13-7-3-1-4-8-13)14-9-5-2-6-10-14/h1-10,17H,11-12H2. The SMILES string of the molecule is SC(CCCl)(c1ccccc1)c1ccccc1. The Morgan fingerprint density at radius 1 is 0.824 bits per heavy atom. The lowest BCUT2D eigenvalue weighted by Gasteiger charge is -2.29. The minimum Gasteiger partial charge on any atom is -0.163 e. The number of hydrogen-bond donors (Lipinski definition) is 1. The quantitative estimate of drug-likeness (QED) is 0.609. The largest absolute Gasteiger partial charge is 0.163 e. The van der Waals surface area contributed by atoms with Crippen molar-refractivity contribution in [1.82, 2.24) is 0 Å². The molecule has 0 saturated carbocycles. The van der Waals surface area contributed by atoms with Crippen LogP contribution < -0.4 is 0 Å². The van der Waals surface area contributed by atoms with Gasteiger partial charge in [0.05, 0.1) is 4.75 Å². The van der Waals surface area contributed by atoms with E-state index in [0.717, 1.165) is 6.42 Å². The average molecular weight is 263 g/mol. The van der Waals surface area contributed by atoms with Gasteiger partial charge in [0.25, 0.3) is 0 Å². The van der Waals surface area contributed by atoms with Gasteiger partial charge in [-0.3, -0.25) is 0 Å². The van der Waals surface area contributed by atoms with Gasteiger partial charge < -0.3 is 0 Å². The molecular formula is C15H15ClS. The summed E-state index contributed by atoms with van der Waals surface area (Å²) in [6, 6.07) is 20.6. The number of benzene rings is 2. The molecule has 0 N–H and O–H groups in total. The van der Waals surface area contributed by atoms with E-state index in [9.17, 15) is 0 Å². The summed E-state index contributed by atoms with van der Waals surface area (Å²) in [5.74, 6) is 0.591. The van der Waals surface area contributed by atoms with Crippen molar-refractivity contribution in [1.29, 1.82) is 0 Å². The summed E-state index contributed by atoms with van der Waals surface area (Å²) in [5, 5.41) is 0. The second kappa shape index (κ2) is 5.61. The molecule has 2 aromatic carbocycles. The molecule has 2 aromatic rings. The molecule has 2 rings (SSSR count). The Bertz CT molecular complexity index is 413. The highest BCUT2D eigenvalue weighted by atomic mass is 35.5.